The van der Waals surface area contributed by atoms with Crippen LogP contribution in [0.5, 0.6) is 0 Å². The van der Waals surface area contributed by atoms with Crippen molar-refractivity contribution in [3.8, 4) is 0 Å². The highest BCUT2D eigenvalue weighted by Gasteiger charge is 2.51. The highest BCUT2D eigenvalue weighted by molar-refractivity contribution is 5.79. The second kappa shape index (κ2) is 3.70. The Balaban J connectivity index is 1.72. The summed E-state index contributed by atoms with van der Waals surface area (Å²) in [6.45, 7) is 2.46. The maximum absolute atomic E-state index is 12.8. The van der Waals surface area contributed by atoms with Gasteiger partial charge in [0.1, 0.15) is 6.10 Å². The first kappa shape index (κ1) is 10.8. The third kappa shape index (κ3) is 2.27. The molecule has 86 valence electrons. The molecule has 2 fully saturated rings. The number of cyclic esters (lactones) is 1. The summed E-state index contributed by atoms with van der Waals surface area (Å²) in [5.41, 5.74) is 0. The lowest BCUT2D eigenvalue weighted by Crippen LogP contribution is -2.29. The second-order valence-electron chi connectivity index (χ2n) is 4.35. The Morgan fingerprint density at radius 1 is 1.60 bits per heavy atom. The summed E-state index contributed by atoms with van der Waals surface area (Å²) in [5.74, 6) is -3.99. The molecule has 0 amide bonds. The Hall–Kier alpha value is -0.710. The Morgan fingerprint density at radius 2 is 2.33 bits per heavy atom. The van der Waals surface area contributed by atoms with Gasteiger partial charge in [-0.1, -0.05) is 13.3 Å². The van der Waals surface area contributed by atoms with Crippen molar-refractivity contribution in [1.82, 2.24) is 5.32 Å². The fourth-order valence-corrected chi connectivity index (χ4v) is 1.99. The van der Waals surface area contributed by atoms with Crippen molar-refractivity contribution in [2.75, 3.05) is 6.54 Å². The number of carbonyl (C=O) groups excluding carboxylic acids is 1. The van der Waals surface area contributed by atoms with Crippen LogP contribution in [0.3, 0.4) is 0 Å². The minimum atomic E-state index is -3.28. The number of esters is 1. The Bertz CT molecular complexity index is 270. The summed E-state index contributed by atoms with van der Waals surface area (Å²) < 4.78 is 30.1. The van der Waals surface area contributed by atoms with Crippen LogP contribution in [-0.2, 0) is 9.53 Å². The summed E-state index contributed by atoms with van der Waals surface area (Å²) in [5, 5.41) is 3.15. The SMILES string of the molecule is CCC1CC1NCC1CC(F)(F)C(=O)O1. The van der Waals surface area contributed by atoms with Gasteiger partial charge in [0.05, 0.1) is 6.42 Å². The summed E-state index contributed by atoms with van der Waals surface area (Å²) in [4.78, 5) is 10.7. The average Bonchev–Trinajstić information content (AvgIpc) is 2.86. The molecule has 1 saturated carbocycles. The first-order valence-electron chi connectivity index (χ1n) is 5.35. The lowest BCUT2D eigenvalue weighted by Gasteiger charge is -2.09. The standard InChI is InChI=1S/C10H15F2NO2/c1-2-6-3-8(6)13-5-7-4-10(11,12)9(14)15-7/h6-8,13H,2-5H2,1H3. The van der Waals surface area contributed by atoms with Crippen LogP contribution in [0, 0.1) is 5.92 Å². The molecule has 1 aliphatic carbocycles. The molecule has 0 spiro atoms. The number of halogens is 2. The van der Waals surface area contributed by atoms with Gasteiger partial charge >= 0.3 is 11.9 Å². The van der Waals surface area contributed by atoms with Gasteiger partial charge in [-0.3, -0.25) is 0 Å². The molecule has 1 saturated heterocycles. The van der Waals surface area contributed by atoms with Crippen molar-refractivity contribution in [3.63, 3.8) is 0 Å². The molecule has 15 heavy (non-hydrogen) atoms. The molecule has 3 unspecified atom stereocenters. The van der Waals surface area contributed by atoms with Gasteiger partial charge in [0.25, 0.3) is 0 Å². The summed E-state index contributed by atoms with van der Waals surface area (Å²) in [6.07, 6.45) is 1.07. The zero-order valence-electron chi connectivity index (χ0n) is 8.63. The van der Waals surface area contributed by atoms with E-state index in [4.69, 9.17) is 0 Å². The number of hydrogen-bond acceptors (Lipinski definition) is 3. The van der Waals surface area contributed by atoms with Gasteiger partial charge in [0.2, 0.25) is 0 Å². The normalized spacial score (nSPS) is 37.8. The lowest BCUT2D eigenvalue weighted by molar-refractivity contribution is -0.159. The fourth-order valence-electron chi connectivity index (χ4n) is 1.99. The Kier molecular flexibility index (Phi) is 2.66. The van der Waals surface area contributed by atoms with Crippen molar-refractivity contribution >= 4 is 5.97 Å². The molecule has 3 atom stereocenters. The molecule has 0 bridgehead atoms. The van der Waals surface area contributed by atoms with Crippen molar-refractivity contribution in [1.29, 1.82) is 0 Å². The quantitative estimate of drug-likeness (QED) is 0.725. The molecule has 3 nitrogen and oxygen atoms in total. The highest BCUT2D eigenvalue weighted by atomic mass is 19.3. The molecule has 2 aliphatic rings. The number of nitrogens with one attached hydrogen (secondary N) is 1. The molecular weight excluding hydrogens is 204 g/mol. The van der Waals surface area contributed by atoms with Crippen molar-refractivity contribution in [2.45, 2.75) is 44.3 Å². The van der Waals surface area contributed by atoms with E-state index in [0.717, 1.165) is 12.8 Å². The third-order valence-electron chi connectivity index (χ3n) is 3.11. The van der Waals surface area contributed by atoms with E-state index in [1.54, 1.807) is 0 Å². The van der Waals surface area contributed by atoms with E-state index in [1.165, 1.54) is 0 Å². The predicted octanol–water partition coefficient (Wildman–Crippen LogP) is 1.33. The zero-order valence-corrected chi connectivity index (χ0v) is 8.63. The van der Waals surface area contributed by atoms with Crippen LogP contribution >= 0.6 is 0 Å². The number of ether oxygens (including phenoxy) is 1. The summed E-state index contributed by atoms with van der Waals surface area (Å²) in [7, 11) is 0. The Labute approximate surface area is 87.2 Å². The van der Waals surface area contributed by atoms with Crippen molar-refractivity contribution in [2.24, 2.45) is 5.92 Å². The number of hydrogen-bond donors (Lipinski definition) is 1. The van der Waals surface area contributed by atoms with Crippen LogP contribution in [0.25, 0.3) is 0 Å². The Morgan fingerprint density at radius 3 is 2.80 bits per heavy atom. The molecule has 1 aliphatic heterocycles. The molecule has 2 rings (SSSR count). The van der Waals surface area contributed by atoms with E-state index in [1.807, 2.05) is 0 Å². The lowest BCUT2D eigenvalue weighted by atomic mass is 10.2. The molecule has 1 N–H and O–H groups in total. The van der Waals surface area contributed by atoms with Crippen LogP contribution in [0.4, 0.5) is 8.78 Å². The maximum atomic E-state index is 12.8. The van der Waals surface area contributed by atoms with Crippen LogP contribution in [-0.4, -0.2) is 30.6 Å². The van der Waals surface area contributed by atoms with Crippen LogP contribution in [0.2, 0.25) is 0 Å². The average molecular weight is 219 g/mol. The molecule has 0 aromatic carbocycles. The van der Waals surface area contributed by atoms with Crippen LogP contribution in [0.1, 0.15) is 26.2 Å². The first-order chi connectivity index (χ1) is 7.03. The summed E-state index contributed by atoms with van der Waals surface area (Å²) >= 11 is 0. The monoisotopic (exact) mass is 219 g/mol. The zero-order chi connectivity index (χ0) is 11.1. The number of alkyl halides is 2. The van der Waals surface area contributed by atoms with Crippen LogP contribution in [0.15, 0.2) is 0 Å². The van der Waals surface area contributed by atoms with Crippen LogP contribution < -0.4 is 5.32 Å². The number of rotatable bonds is 4. The van der Waals surface area contributed by atoms with E-state index in [9.17, 15) is 13.6 Å². The van der Waals surface area contributed by atoms with Gasteiger partial charge < -0.3 is 10.1 Å². The number of carbonyl (C=O) groups is 1. The van der Waals surface area contributed by atoms with Crippen molar-refractivity contribution < 1.29 is 18.3 Å². The molecule has 0 aromatic heterocycles. The molecule has 1 heterocycles. The van der Waals surface area contributed by atoms with Gasteiger partial charge in [-0.15, -0.1) is 0 Å². The second-order valence-corrected chi connectivity index (χ2v) is 4.35. The summed E-state index contributed by atoms with van der Waals surface area (Å²) in [6, 6.07) is 0.433. The van der Waals surface area contributed by atoms with E-state index >= 15 is 0 Å². The topological polar surface area (TPSA) is 38.3 Å². The van der Waals surface area contributed by atoms with E-state index in [0.29, 0.717) is 18.5 Å². The van der Waals surface area contributed by atoms with E-state index in [-0.39, 0.29) is 0 Å². The van der Waals surface area contributed by atoms with Gasteiger partial charge in [-0.25, -0.2) is 4.79 Å². The fraction of sp³-hybridized carbons (Fsp3) is 0.900. The first-order valence-corrected chi connectivity index (χ1v) is 5.35. The maximum Gasteiger partial charge on any atom is 0.377 e. The molecule has 0 aromatic rings. The van der Waals surface area contributed by atoms with E-state index in [2.05, 4.69) is 17.0 Å². The largest absolute Gasteiger partial charge is 0.456 e. The van der Waals surface area contributed by atoms with Gasteiger partial charge in [0.15, 0.2) is 0 Å². The minimum absolute atomic E-state index is 0.350. The minimum Gasteiger partial charge on any atom is -0.456 e. The predicted molar refractivity (Wildman–Crippen MR) is 49.6 cm³/mol. The molecule has 5 heteroatoms. The molecule has 0 radical (unpaired) electrons. The van der Waals surface area contributed by atoms with Gasteiger partial charge in [0, 0.05) is 12.6 Å². The van der Waals surface area contributed by atoms with Crippen molar-refractivity contribution in [3.05, 3.63) is 0 Å². The highest BCUT2D eigenvalue weighted by Crippen LogP contribution is 2.34. The molecular formula is C10H15F2NO2. The van der Waals surface area contributed by atoms with Gasteiger partial charge in [-0.05, 0) is 12.3 Å². The van der Waals surface area contributed by atoms with Gasteiger partial charge in [-0.2, -0.15) is 8.78 Å². The smallest absolute Gasteiger partial charge is 0.377 e. The van der Waals surface area contributed by atoms with E-state index < -0.39 is 24.4 Å². The third-order valence-corrected chi connectivity index (χ3v) is 3.11.